The lowest BCUT2D eigenvalue weighted by molar-refractivity contribution is -0.143. The van der Waals surface area contributed by atoms with Crippen molar-refractivity contribution in [3.8, 4) is 5.88 Å². The summed E-state index contributed by atoms with van der Waals surface area (Å²) in [5, 5.41) is 0. The molecule has 0 saturated carbocycles. The van der Waals surface area contributed by atoms with Gasteiger partial charge in [-0.3, -0.25) is 4.79 Å². The third kappa shape index (κ3) is 4.37. The van der Waals surface area contributed by atoms with Crippen molar-refractivity contribution < 1.29 is 35.9 Å². The van der Waals surface area contributed by atoms with E-state index < -0.39 is 41.1 Å². The first kappa shape index (κ1) is 20.0. The van der Waals surface area contributed by atoms with Crippen molar-refractivity contribution in [1.29, 1.82) is 0 Å². The van der Waals surface area contributed by atoms with E-state index in [1.54, 1.807) is 25.1 Å². The molecule has 0 unspecified atom stereocenters. The number of carbonyl (C=O) groups excluding carboxylic acids is 1. The molecule has 0 aliphatic carbocycles. The number of alkyl halides is 6. The highest BCUT2D eigenvalue weighted by atomic mass is 19.4. The topological polar surface area (TPSA) is 42.4 Å². The minimum Gasteiger partial charge on any atom is -0.471 e. The predicted octanol–water partition coefficient (Wildman–Crippen LogP) is 4.33. The van der Waals surface area contributed by atoms with Crippen LogP contribution in [0, 0.1) is 6.92 Å². The van der Waals surface area contributed by atoms with Gasteiger partial charge in [0, 0.05) is 17.3 Å². The van der Waals surface area contributed by atoms with Crippen molar-refractivity contribution in [3.05, 3.63) is 58.8 Å². The summed E-state index contributed by atoms with van der Waals surface area (Å²) in [6.45, 7) is 1.83. The molecule has 1 aliphatic heterocycles. The van der Waals surface area contributed by atoms with E-state index >= 15 is 0 Å². The van der Waals surface area contributed by atoms with Crippen LogP contribution in [0.15, 0.2) is 36.4 Å². The van der Waals surface area contributed by atoms with Gasteiger partial charge < -0.3 is 9.64 Å². The number of amides is 1. The molecule has 0 atom stereocenters. The second kappa shape index (κ2) is 6.99. The van der Waals surface area contributed by atoms with Crippen LogP contribution < -0.4 is 4.74 Å². The number of benzene rings is 1. The molecule has 2 aromatic rings. The Balaban J connectivity index is 1.74. The van der Waals surface area contributed by atoms with Crippen molar-refractivity contribution in [2.24, 2.45) is 0 Å². The van der Waals surface area contributed by atoms with Crippen LogP contribution in [0.25, 0.3) is 0 Å². The number of aryl methyl sites for hydroxylation is 1. The third-order valence-corrected chi connectivity index (χ3v) is 4.12. The van der Waals surface area contributed by atoms with Gasteiger partial charge in [-0.25, -0.2) is 4.98 Å². The molecule has 0 radical (unpaired) electrons. The Hall–Kier alpha value is -2.78. The molecule has 0 spiro atoms. The fourth-order valence-electron chi connectivity index (χ4n) is 2.69. The van der Waals surface area contributed by atoms with Crippen LogP contribution >= 0.6 is 0 Å². The quantitative estimate of drug-likeness (QED) is 0.716. The second-order valence-corrected chi connectivity index (χ2v) is 6.36. The van der Waals surface area contributed by atoms with E-state index in [0.29, 0.717) is 23.7 Å². The molecule has 1 saturated heterocycles. The number of hydrogen-bond acceptors (Lipinski definition) is 3. The minimum atomic E-state index is -5.01. The van der Waals surface area contributed by atoms with E-state index in [1.807, 2.05) is 0 Å². The van der Waals surface area contributed by atoms with Gasteiger partial charge in [-0.1, -0.05) is 6.07 Å². The summed E-state index contributed by atoms with van der Waals surface area (Å²) in [7, 11) is 0. The number of hydrogen-bond donors (Lipinski definition) is 0. The number of aromatic nitrogens is 1. The molecule has 150 valence electrons. The van der Waals surface area contributed by atoms with Crippen LogP contribution in [0.2, 0.25) is 0 Å². The molecule has 2 heterocycles. The molecule has 1 aromatic carbocycles. The maximum atomic E-state index is 12.9. The minimum absolute atomic E-state index is 0.0117. The highest BCUT2D eigenvalue weighted by Crippen LogP contribution is 2.36. The standard InChI is InChI=1S/C18H14F6N2O2/c1-10-3-2-4-15(25-10)28-14-8-26(9-14)16(27)11-5-12(17(19,20)21)7-13(6-11)18(22,23)24/h2-7,14H,8-9H2,1H3. The van der Waals surface area contributed by atoms with Crippen LogP contribution in [0.5, 0.6) is 5.88 Å². The van der Waals surface area contributed by atoms with Crippen LogP contribution in [0.1, 0.15) is 27.2 Å². The van der Waals surface area contributed by atoms with Gasteiger partial charge in [-0.15, -0.1) is 0 Å². The maximum absolute atomic E-state index is 12.9. The summed E-state index contributed by atoms with van der Waals surface area (Å²) < 4.78 is 83.0. The average Bonchev–Trinajstić information content (AvgIpc) is 2.55. The summed E-state index contributed by atoms with van der Waals surface area (Å²) in [5.74, 6) is -0.593. The molecule has 1 aliphatic rings. The van der Waals surface area contributed by atoms with E-state index in [9.17, 15) is 31.1 Å². The first-order chi connectivity index (χ1) is 12.9. The number of nitrogens with zero attached hydrogens (tertiary/aromatic N) is 2. The molecule has 4 nitrogen and oxygen atoms in total. The SMILES string of the molecule is Cc1cccc(OC2CN(C(=O)c3cc(C(F)(F)F)cc(C(F)(F)F)c3)C2)n1. The predicted molar refractivity (Wildman–Crippen MR) is 85.7 cm³/mol. The van der Waals surface area contributed by atoms with Crippen LogP contribution in [0.3, 0.4) is 0 Å². The van der Waals surface area contributed by atoms with Crippen LogP contribution in [-0.2, 0) is 12.4 Å². The number of carbonyl (C=O) groups is 1. The van der Waals surface area contributed by atoms with E-state index in [4.69, 9.17) is 4.74 Å². The van der Waals surface area contributed by atoms with E-state index in [0.717, 1.165) is 4.90 Å². The molecule has 0 N–H and O–H groups in total. The Labute approximate surface area is 155 Å². The van der Waals surface area contributed by atoms with Crippen molar-refractivity contribution in [3.63, 3.8) is 0 Å². The van der Waals surface area contributed by atoms with E-state index in [1.165, 1.54) is 0 Å². The van der Waals surface area contributed by atoms with Gasteiger partial charge in [0.15, 0.2) is 0 Å². The van der Waals surface area contributed by atoms with Crippen molar-refractivity contribution in [2.75, 3.05) is 13.1 Å². The van der Waals surface area contributed by atoms with E-state index in [-0.39, 0.29) is 19.2 Å². The number of likely N-dealkylation sites (tertiary alicyclic amines) is 1. The monoisotopic (exact) mass is 404 g/mol. The summed E-state index contributed by atoms with van der Waals surface area (Å²) >= 11 is 0. The fourth-order valence-corrected chi connectivity index (χ4v) is 2.69. The summed E-state index contributed by atoms with van der Waals surface area (Å²) in [6, 6.07) is 5.93. The van der Waals surface area contributed by atoms with E-state index in [2.05, 4.69) is 4.98 Å². The molecule has 1 fully saturated rings. The Bertz CT molecular complexity index is 856. The lowest BCUT2D eigenvalue weighted by atomic mass is 10.0. The highest BCUT2D eigenvalue weighted by molar-refractivity contribution is 5.95. The Morgan fingerprint density at radius 3 is 2.11 bits per heavy atom. The summed E-state index contributed by atoms with van der Waals surface area (Å²) in [5.41, 5.74) is -3.01. The Kier molecular flexibility index (Phi) is 4.99. The molecule has 28 heavy (non-hydrogen) atoms. The largest absolute Gasteiger partial charge is 0.471 e. The van der Waals surface area contributed by atoms with Crippen molar-refractivity contribution in [1.82, 2.24) is 9.88 Å². The zero-order chi connectivity index (χ0) is 20.7. The summed E-state index contributed by atoms with van der Waals surface area (Å²) in [6.07, 6.45) is -10.5. The Morgan fingerprint density at radius 1 is 1.04 bits per heavy atom. The zero-order valence-corrected chi connectivity index (χ0v) is 14.4. The van der Waals surface area contributed by atoms with Gasteiger partial charge in [0.05, 0.1) is 24.2 Å². The first-order valence-corrected chi connectivity index (χ1v) is 8.12. The smallest absolute Gasteiger partial charge is 0.416 e. The van der Waals surface area contributed by atoms with Gasteiger partial charge in [0.2, 0.25) is 5.88 Å². The van der Waals surface area contributed by atoms with Crippen molar-refractivity contribution >= 4 is 5.91 Å². The number of ether oxygens (including phenoxy) is 1. The molecule has 0 bridgehead atoms. The van der Waals surface area contributed by atoms with Crippen LogP contribution in [0.4, 0.5) is 26.3 Å². The number of rotatable bonds is 3. The number of halogens is 6. The van der Waals surface area contributed by atoms with Gasteiger partial charge in [-0.2, -0.15) is 26.3 Å². The molecule has 1 aromatic heterocycles. The average molecular weight is 404 g/mol. The van der Waals surface area contributed by atoms with Crippen LogP contribution in [-0.4, -0.2) is 35.0 Å². The molecule has 3 rings (SSSR count). The molecule has 10 heteroatoms. The number of pyridine rings is 1. The molecule has 1 amide bonds. The van der Waals surface area contributed by atoms with Gasteiger partial charge >= 0.3 is 12.4 Å². The Morgan fingerprint density at radius 2 is 1.61 bits per heavy atom. The normalized spacial score (nSPS) is 15.3. The summed E-state index contributed by atoms with van der Waals surface area (Å²) in [4.78, 5) is 17.6. The molecular formula is C18H14F6N2O2. The lowest BCUT2D eigenvalue weighted by Gasteiger charge is -2.38. The van der Waals surface area contributed by atoms with Gasteiger partial charge in [-0.05, 0) is 31.2 Å². The second-order valence-electron chi connectivity index (χ2n) is 6.36. The van der Waals surface area contributed by atoms with Crippen molar-refractivity contribution in [2.45, 2.75) is 25.4 Å². The highest BCUT2D eigenvalue weighted by Gasteiger charge is 2.39. The van der Waals surface area contributed by atoms with Gasteiger partial charge in [0.25, 0.3) is 5.91 Å². The zero-order valence-electron chi connectivity index (χ0n) is 14.4. The third-order valence-electron chi connectivity index (χ3n) is 4.12. The van der Waals surface area contributed by atoms with Gasteiger partial charge in [0.1, 0.15) is 6.10 Å². The maximum Gasteiger partial charge on any atom is 0.416 e. The molecular weight excluding hydrogens is 390 g/mol. The lowest BCUT2D eigenvalue weighted by Crippen LogP contribution is -2.56. The fraction of sp³-hybridized carbons (Fsp3) is 0.333. The first-order valence-electron chi connectivity index (χ1n) is 8.12.